The first-order chi connectivity index (χ1) is 6.36. The number of fused-ring (bicyclic) bond motifs is 2. The molecular formula is C9H14B2NO. The Morgan fingerprint density at radius 1 is 1.38 bits per heavy atom. The van der Waals surface area contributed by atoms with Crippen LogP contribution in [0.2, 0.25) is 0 Å². The highest BCUT2D eigenvalue weighted by Gasteiger charge is 2.56. The lowest BCUT2D eigenvalue weighted by molar-refractivity contribution is 0.0601. The molecule has 3 aliphatic rings. The van der Waals surface area contributed by atoms with E-state index in [2.05, 4.69) is 4.81 Å². The van der Waals surface area contributed by atoms with Gasteiger partial charge in [0.05, 0.1) is 13.2 Å². The van der Waals surface area contributed by atoms with E-state index in [4.69, 9.17) is 12.5 Å². The van der Waals surface area contributed by atoms with Gasteiger partial charge in [0, 0.05) is 19.7 Å². The largest absolute Gasteiger partial charge is 0.379 e. The lowest BCUT2D eigenvalue weighted by atomic mass is 9.62. The number of rotatable bonds is 1. The molecule has 13 heavy (non-hydrogen) atoms. The molecule has 0 aromatic heterocycles. The van der Waals surface area contributed by atoms with Gasteiger partial charge in [-0.15, -0.1) is 0 Å². The maximum absolute atomic E-state index is 5.64. The fourth-order valence-corrected chi connectivity index (χ4v) is 3.38. The molecule has 3 fully saturated rings. The van der Waals surface area contributed by atoms with Crippen LogP contribution in [0.25, 0.3) is 0 Å². The molecule has 2 atom stereocenters. The van der Waals surface area contributed by atoms with Gasteiger partial charge in [-0.3, -0.25) is 0 Å². The van der Waals surface area contributed by atoms with Crippen LogP contribution >= 0.6 is 0 Å². The number of hydrogen-bond acceptors (Lipinski definition) is 2. The SMILES string of the molecule is [B][B]N1CC2(CCC2)C2COCC21. The first-order valence-corrected chi connectivity index (χ1v) is 5.24. The zero-order chi connectivity index (χ0) is 8.89. The molecule has 2 heterocycles. The Morgan fingerprint density at radius 3 is 2.85 bits per heavy atom. The Kier molecular flexibility index (Phi) is 1.78. The molecule has 67 valence electrons. The van der Waals surface area contributed by atoms with Crippen LogP contribution in [-0.2, 0) is 4.74 Å². The summed E-state index contributed by atoms with van der Waals surface area (Å²) in [5.74, 6) is 0.765. The van der Waals surface area contributed by atoms with Crippen molar-refractivity contribution in [3.63, 3.8) is 0 Å². The summed E-state index contributed by atoms with van der Waals surface area (Å²) in [5, 5.41) is 0. The van der Waals surface area contributed by atoms with E-state index in [0.29, 0.717) is 11.5 Å². The molecule has 3 rings (SSSR count). The summed E-state index contributed by atoms with van der Waals surface area (Å²) in [6.45, 7) is 3.04. The molecule has 0 bridgehead atoms. The standard InChI is InChI=1S/C9H14B2NO/c10-11-12-6-9(2-1-3-9)7-4-13-5-8(7)12/h7-8H,1-6H2. The minimum Gasteiger partial charge on any atom is -0.379 e. The average molecular weight is 174 g/mol. The Labute approximate surface area is 81.7 Å². The molecule has 2 nitrogen and oxygen atoms in total. The third kappa shape index (κ3) is 0.991. The second-order valence-corrected chi connectivity index (χ2v) is 4.75. The lowest BCUT2D eigenvalue weighted by Gasteiger charge is -2.42. The summed E-state index contributed by atoms with van der Waals surface area (Å²) in [5.41, 5.74) is 0.580. The number of nitrogens with zero attached hydrogens (tertiary/aromatic N) is 1. The van der Waals surface area contributed by atoms with Crippen LogP contribution in [0.5, 0.6) is 0 Å². The number of hydrogen-bond donors (Lipinski definition) is 0. The predicted molar refractivity (Wildman–Crippen MR) is 52.6 cm³/mol. The van der Waals surface area contributed by atoms with Crippen LogP contribution in [0.1, 0.15) is 19.3 Å². The first-order valence-electron chi connectivity index (χ1n) is 5.24. The molecule has 1 saturated carbocycles. The van der Waals surface area contributed by atoms with Gasteiger partial charge in [-0.2, -0.15) is 0 Å². The van der Waals surface area contributed by atoms with Gasteiger partial charge in [0.2, 0.25) is 0 Å². The van der Waals surface area contributed by atoms with Gasteiger partial charge in [-0.1, -0.05) is 6.42 Å². The van der Waals surface area contributed by atoms with Crippen molar-refractivity contribution in [3.8, 4) is 0 Å². The van der Waals surface area contributed by atoms with Gasteiger partial charge in [0.15, 0.2) is 0 Å². The molecular weight excluding hydrogens is 160 g/mol. The van der Waals surface area contributed by atoms with Crippen molar-refractivity contribution in [1.82, 2.24) is 4.81 Å². The molecule has 2 unspecified atom stereocenters. The first kappa shape index (κ1) is 8.37. The van der Waals surface area contributed by atoms with Crippen molar-refractivity contribution in [3.05, 3.63) is 0 Å². The van der Waals surface area contributed by atoms with Gasteiger partial charge in [0.1, 0.15) is 7.31 Å². The van der Waals surface area contributed by atoms with Crippen molar-refractivity contribution < 1.29 is 4.74 Å². The molecule has 1 spiro atoms. The van der Waals surface area contributed by atoms with Crippen molar-refractivity contribution in [2.24, 2.45) is 11.3 Å². The smallest absolute Gasteiger partial charge is 0.149 e. The maximum Gasteiger partial charge on any atom is 0.149 e. The van der Waals surface area contributed by atoms with Gasteiger partial charge >= 0.3 is 0 Å². The fraction of sp³-hybridized carbons (Fsp3) is 1.00. The van der Waals surface area contributed by atoms with E-state index < -0.39 is 0 Å². The molecule has 2 saturated heterocycles. The topological polar surface area (TPSA) is 12.5 Å². The van der Waals surface area contributed by atoms with E-state index in [-0.39, 0.29) is 0 Å². The van der Waals surface area contributed by atoms with Crippen LogP contribution < -0.4 is 0 Å². The fourth-order valence-electron chi connectivity index (χ4n) is 3.38. The van der Waals surface area contributed by atoms with E-state index in [1.165, 1.54) is 25.8 Å². The highest BCUT2D eigenvalue weighted by atomic mass is 16.5. The highest BCUT2D eigenvalue weighted by molar-refractivity contribution is 6.87. The van der Waals surface area contributed by atoms with E-state index >= 15 is 0 Å². The highest BCUT2D eigenvalue weighted by Crippen LogP contribution is 2.55. The Bertz CT molecular complexity index is 220. The maximum atomic E-state index is 5.64. The minimum absolute atomic E-state index is 0.580. The summed E-state index contributed by atoms with van der Waals surface area (Å²) in [6.07, 6.45) is 4.19. The Balaban J connectivity index is 1.85. The van der Waals surface area contributed by atoms with Crippen molar-refractivity contribution >= 4 is 15.0 Å². The summed E-state index contributed by atoms with van der Waals surface area (Å²) in [4.78, 5) is 2.30. The summed E-state index contributed by atoms with van der Waals surface area (Å²) >= 11 is 0. The zero-order valence-corrected chi connectivity index (χ0v) is 7.91. The monoisotopic (exact) mass is 174 g/mol. The van der Waals surface area contributed by atoms with Gasteiger partial charge in [-0.05, 0) is 24.8 Å². The Morgan fingerprint density at radius 2 is 2.23 bits per heavy atom. The molecule has 0 amide bonds. The van der Waals surface area contributed by atoms with Crippen LogP contribution in [0.15, 0.2) is 0 Å². The second-order valence-electron chi connectivity index (χ2n) is 4.75. The molecule has 0 aromatic rings. The predicted octanol–water partition coefficient (Wildman–Crippen LogP) is 0.190. The third-order valence-corrected chi connectivity index (χ3v) is 4.30. The van der Waals surface area contributed by atoms with E-state index in [1.54, 1.807) is 7.31 Å². The van der Waals surface area contributed by atoms with E-state index in [0.717, 1.165) is 19.1 Å². The normalized spacial score (nSPS) is 41.8. The van der Waals surface area contributed by atoms with Gasteiger partial charge in [0.25, 0.3) is 0 Å². The molecule has 0 N–H and O–H groups in total. The van der Waals surface area contributed by atoms with Crippen LogP contribution in [-0.4, -0.2) is 45.7 Å². The summed E-state index contributed by atoms with van der Waals surface area (Å²) in [6, 6.07) is 0.588. The van der Waals surface area contributed by atoms with Crippen molar-refractivity contribution in [2.75, 3.05) is 19.8 Å². The van der Waals surface area contributed by atoms with Crippen LogP contribution in [0.4, 0.5) is 0 Å². The van der Waals surface area contributed by atoms with Gasteiger partial charge in [-0.25, -0.2) is 0 Å². The Hall–Kier alpha value is 0.0499. The van der Waals surface area contributed by atoms with Gasteiger partial charge < -0.3 is 9.55 Å². The van der Waals surface area contributed by atoms with Crippen LogP contribution in [0.3, 0.4) is 0 Å². The molecule has 2 aliphatic heterocycles. The summed E-state index contributed by atoms with van der Waals surface area (Å²) in [7, 11) is 7.40. The minimum atomic E-state index is 0.580. The quantitative estimate of drug-likeness (QED) is 0.526. The molecule has 4 heteroatoms. The lowest BCUT2D eigenvalue weighted by Crippen LogP contribution is -2.39. The van der Waals surface area contributed by atoms with E-state index in [1.807, 2.05) is 0 Å². The molecule has 1 aliphatic carbocycles. The van der Waals surface area contributed by atoms with Crippen molar-refractivity contribution in [2.45, 2.75) is 25.3 Å². The zero-order valence-electron chi connectivity index (χ0n) is 7.91. The third-order valence-electron chi connectivity index (χ3n) is 4.30. The van der Waals surface area contributed by atoms with Crippen LogP contribution in [0, 0.1) is 11.3 Å². The second kappa shape index (κ2) is 2.77. The average Bonchev–Trinajstić information content (AvgIpc) is 2.59. The summed E-state index contributed by atoms with van der Waals surface area (Å²) < 4.78 is 5.56. The van der Waals surface area contributed by atoms with E-state index in [9.17, 15) is 0 Å². The molecule has 0 aromatic carbocycles. The number of ether oxygens (including phenoxy) is 1. The van der Waals surface area contributed by atoms with Crippen molar-refractivity contribution in [1.29, 1.82) is 0 Å². The molecule has 3 radical (unpaired) electrons.